The van der Waals surface area contributed by atoms with Crippen LogP contribution >= 0.6 is 34.3 Å². The first-order valence-corrected chi connectivity index (χ1v) is 8.12. The van der Waals surface area contributed by atoms with Crippen LogP contribution in [0.4, 0.5) is 0 Å². The van der Waals surface area contributed by atoms with E-state index in [1.54, 1.807) is 28.7 Å². The van der Waals surface area contributed by atoms with E-state index in [0.717, 1.165) is 15.8 Å². The van der Waals surface area contributed by atoms with Crippen LogP contribution in [-0.4, -0.2) is 5.11 Å². The molecule has 5 heteroatoms. The first-order valence-electron chi connectivity index (χ1n) is 6.05. The van der Waals surface area contributed by atoms with E-state index in [1.165, 1.54) is 9.40 Å². The second-order valence-electron chi connectivity index (χ2n) is 4.53. The van der Waals surface area contributed by atoms with Crippen molar-refractivity contribution in [1.29, 1.82) is 0 Å². The second-order valence-corrected chi connectivity index (χ2v) is 7.03. The predicted octanol–water partition coefficient (Wildman–Crippen LogP) is 5.44. The molecule has 3 heterocycles. The molecule has 0 bridgehead atoms. The summed E-state index contributed by atoms with van der Waals surface area (Å²) < 4.78 is 8.11. The lowest BCUT2D eigenvalue weighted by Crippen LogP contribution is -1.93. The molecule has 0 aliphatic rings. The van der Waals surface area contributed by atoms with E-state index >= 15 is 0 Å². The SMILES string of the molecule is OC(c1cc2cc(Cl)ccc2o1)c1cc2sccc2s1. The number of rotatable bonds is 2. The maximum absolute atomic E-state index is 10.5. The summed E-state index contributed by atoms with van der Waals surface area (Å²) in [6.07, 6.45) is -0.731. The van der Waals surface area contributed by atoms with Gasteiger partial charge in [0, 0.05) is 24.7 Å². The molecule has 2 nitrogen and oxygen atoms in total. The van der Waals surface area contributed by atoms with Gasteiger partial charge in [-0.25, -0.2) is 0 Å². The van der Waals surface area contributed by atoms with Crippen LogP contribution in [0.3, 0.4) is 0 Å². The van der Waals surface area contributed by atoms with Gasteiger partial charge in [-0.05, 0) is 41.8 Å². The summed E-state index contributed by atoms with van der Waals surface area (Å²) in [4.78, 5) is 0.900. The lowest BCUT2D eigenvalue weighted by atomic mass is 10.2. The largest absolute Gasteiger partial charge is 0.458 e. The molecule has 0 aliphatic carbocycles. The maximum Gasteiger partial charge on any atom is 0.146 e. The van der Waals surface area contributed by atoms with Crippen molar-refractivity contribution in [1.82, 2.24) is 0 Å². The summed E-state index contributed by atoms with van der Waals surface area (Å²) in [6, 6.07) is 11.4. The van der Waals surface area contributed by atoms with Gasteiger partial charge in [0.2, 0.25) is 0 Å². The van der Waals surface area contributed by atoms with Crippen molar-refractivity contribution in [2.75, 3.05) is 0 Å². The minimum atomic E-state index is -0.731. The third-order valence-electron chi connectivity index (χ3n) is 3.19. The number of thiophene rings is 2. The highest BCUT2D eigenvalue weighted by Gasteiger charge is 2.18. The molecule has 1 unspecified atom stereocenters. The van der Waals surface area contributed by atoms with Gasteiger partial charge >= 0.3 is 0 Å². The molecule has 0 amide bonds. The van der Waals surface area contributed by atoms with E-state index in [-0.39, 0.29) is 0 Å². The minimum Gasteiger partial charge on any atom is -0.458 e. The molecule has 4 rings (SSSR count). The Balaban J connectivity index is 1.79. The smallest absolute Gasteiger partial charge is 0.146 e. The van der Waals surface area contributed by atoms with Gasteiger partial charge in [-0.15, -0.1) is 22.7 Å². The third kappa shape index (κ3) is 1.96. The molecule has 20 heavy (non-hydrogen) atoms. The van der Waals surface area contributed by atoms with Crippen LogP contribution in [0.25, 0.3) is 20.4 Å². The Morgan fingerprint density at radius 2 is 2.00 bits per heavy atom. The quantitative estimate of drug-likeness (QED) is 0.533. The number of aliphatic hydroxyl groups excluding tert-OH is 1. The summed E-state index contributed by atoms with van der Waals surface area (Å²) in [5.41, 5.74) is 0.738. The molecular formula is C15H9ClO2S2. The monoisotopic (exact) mass is 320 g/mol. The third-order valence-corrected chi connectivity index (χ3v) is 5.58. The molecule has 0 spiro atoms. The van der Waals surface area contributed by atoms with Crippen molar-refractivity contribution < 1.29 is 9.52 Å². The highest BCUT2D eigenvalue weighted by Crippen LogP contribution is 2.37. The molecule has 0 fully saturated rings. The Morgan fingerprint density at radius 3 is 2.85 bits per heavy atom. The molecule has 0 saturated heterocycles. The standard InChI is InChI=1S/C15H9ClO2S2/c16-9-1-2-10-8(5-9)6-11(18-10)15(17)14-7-13-12(20-14)3-4-19-13/h1-7,15,17H. The number of fused-ring (bicyclic) bond motifs is 2. The second kappa shape index (κ2) is 4.60. The molecule has 100 valence electrons. The summed E-state index contributed by atoms with van der Waals surface area (Å²) in [5, 5.41) is 14.1. The number of hydrogen-bond donors (Lipinski definition) is 1. The van der Waals surface area contributed by atoms with Gasteiger partial charge in [0.15, 0.2) is 0 Å². The van der Waals surface area contributed by atoms with Crippen LogP contribution in [0, 0.1) is 0 Å². The van der Waals surface area contributed by atoms with Crippen LogP contribution in [-0.2, 0) is 0 Å². The fraction of sp³-hybridized carbons (Fsp3) is 0.0667. The van der Waals surface area contributed by atoms with Gasteiger partial charge in [-0.2, -0.15) is 0 Å². The zero-order valence-electron chi connectivity index (χ0n) is 10.2. The molecule has 0 radical (unpaired) electrons. The fourth-order valence-corrected chi connectivity index (χ4v) is 4.52. The van der Waals surface area contributed by atoms with Crippen molar-refractivity contribution in [3.05, 3.63) is 57.4 Å². The Bertz CT molecular complexity index is 874. The van der Waals surface area contributed by atoms with Crippen molar-refractivity contribution in [3.8, 4) is 0 Å². The molecule has 1 atom stereocenters. The lowest BCUT2D eigenvalue weighted by molar-refractivity contribution is 0.196. The van der Waals surface area contributed by atoms with E-state index in [4.69, 9.17) is 16.0 Å². The average molecular weight is 321 g/mol. The Kier molecular flexibility index (Phi) is 2.86. The van der Waals surface area contributed by atoms with Crippen molar-refractivity contribution in [2.45, 2.75) is 6.10 Å². The topological polar surface area (TPSA) is 33.4 Å². The number of aliphatic hydroxyl groups is 1. The van der Waals surface area contributed by atoms with Gasteiger partial charge in [0.05, 0.1) is 0 Å². The highest BCUT2D eigenvalue weighted by molar-refractivity contribution is 7.26. The molecule has 1 aromatic carbocycles. The van der Waals surface area contributed by atoms with Crippen LogP contribution in [0.15, 0.2) is 46.2 Å². The van der Waals surface area contributed by atoms with Gasteiger partial charge in [0.25, 0.3) is 0 Å². The number of halogens is 1. The van der Waals surface area contributed by atoms with Gasteiger partial charge < -0.3 is 9.52 Å². The summed E-state index contributed by atoms with van der Waals surface area (Å²) in [6.45, 7) is 0. The lowest BCUT2D eigenvalue weighted by Gasteiger charge is -2.03. The van der Waals surface area contributed by atoms with Gasteiger partial charge in [-0.3, -0.25) is 0 Å². The van der Waals surface area contributed by atoms with Crippen molar-refractivity contribution in [3.63, 3.8) is 0 Å². The Labute approximate surface area is 127 Å². The average Bonchev–Trinajstić information content (AvgIpc) is 3.10. The zero-order valence-corrected chi connectivity index (χ0v) is 12.6. The molecule has 4 aromatic rings. The van der Waals surface area contributed by atoms with Crippen LogP contribution in [0.5, 0.6) is 0 Å². The van der Waals surface area contributed by atoms with E-state index < -0.39 is 6.10 Å². The van der Waals surface area contributed by atoms with Gasteiger partial charge in [0.1, 0.15) is 17.4 Å². The van der Waals surface area contributed by atoms with Crippen LogP contribution in [0.1, 0.15) is 16.7 Å². The van der Waals surface area contributed by atoms with Crippen LogP contribution in [0.2, 0.25) is 5.02 Å². The van der Waals surface area contributed by atoms with E-state index in [0.29, 0.717) is 10.8 Å². The van der Waals surface area contributed by atoms with E-state index in [9.17, 15) is 5.11 Å². The van der Waals surface area contributed by atoms with Crippen molar-refractivity contribution >= 4 is 54.6 Å². The number of hydrogen-bond acceptors (Lipinski definition) is 4. The zero-order chi connectivity index (χ0) is 13.7. The molecular weight excluding hydrogens is 312 g/mol. The number of furan rings is 1. The Hall–Kier alpha value is -1.33. The van der Waals surface area contributed by atoms with Gasteiger partial charge in [-0.1, -0.05) is 11.6 Å². The summed E-state index contributed by atoms with van der Waals surface area (Å²) in [5.74, 6) is 0.552. The van der Waals surface area contributed by atoms with Crippen LogP contribution < -0.4 is 0 Å². The number of benzene rings is 1. The molecule has 1 N–H and O–H groups in total. The first-order chi connectivity index (χ1) is 9.70. The Morgan fingerprint density at radius 1 is 1.10 bits per heavy atom. The van der Waals surface area contributed by atoms with E-state index in [2.05, 4.69) is 11.4 Å². The maximum atomic E-state index is 10.5. The summed E-state index contributed by atoms with van der Waals surface area (Å²) in [7, 11) is 0. The minimum absolute atomic E-state index is 0.552. The first kappa shape index (κ1) is 12.4. The fourth-order valence-electron chi connectivity index (χ4n) is 2.23. The van der Waals surface area contributed by atoms with E-state index in [1.807, 2.05) is 24.3 Å². The normalized spacial score (nSPS) is 13.3. The van der Waals surface area contributed by atoms with Crippen molar-refractivity contribution in [2.24, 2.45) is 0 Å². The molecule has 0 saturated carbocycles. The molecule has 3 aromatic heterocycles. The predicted molar refractivity (Wildman–Crippen MR) is 85.0 cm³/mol. The molecule has 0 aliphatic heterocycles. The summed E-state index contributed by atoms with van der Waals surface area (Å²) >= 11 is 9.24. The highest BCUT2D eigenvalue weighted by atomic mass is 35.5.